The van der Waals surface area contributed by atoms with Gasteiger partial charge in [0, 0.05) is 36.6 Å². The summed E-state index contributed by atoms with van der Waals surface area (Å²) in [7, 11) is 8.16. The second-order valence-corrected chi connectivity index (χ2v) is 7.81. The fourth-order valence-electron chi connectivity index (χ4n) is 2.94. The third-order valence-corrected chi connectivity index (χ3v) is 4.73. The van der Waals surface area contributed by atoms with Gasteiger partial charge in [-0.15, -0.1) is 0 Å². The van der Waals surface area contributed by atoms with Crippen LogP contribution in [0.4, 0.5) is 0 Å². The van der Waals surface area contributed by atoms with Gasteiger partial charge in [0.05, 0.1) is 0 Å². The summed E-state index contributed by atoms with van der Waals surface area (Å²) in [5.41, 5.74) is 4.40. The van der Waals surface area contributed by atoms with Gasteiger partial charge < -0.3 is 19.3 Å². The fraction of sp³-hybridized carbons (Fsp3) is 0.320. The maximum absolute atomic E-state index is 5.78. The van der Waals surface area contributed by atoms with E-state index < -0.39 is 0 Å². The topological polar surface area (TPSA) is 37.8 Å². The Labute approximate surface area is 179 Å². The predicted octanol–water partition coefficient (Wildman–Crippen LogP) is 4.30. The van der Waals surface area contributed by atoms with Crippen molar-refractivity contribution < 1.29 is 9.47 Å². The van der Waals surface area contributed by atoms with Crippen LogP contribution in [-0.4, -0.2) is 69.3 Å². The van der Waals surface area contributed by atoms with Crippen LogP contribution in [0.25, 0.3) is 22.3 Å². The molecule has 0 aliphatic carbocycles. The molecule has 0 aliphatic rings. The van der Waals surface area contributed by atoms with Crippen molar-refractivity contribution in [1.82, 2.24) is 14.8 Å². The summed E-state index contributed by atoms with van der Waals surface area (Å²) in [6.45, 7) is 3.15. The van der Waals surface area contributed by atoms with Crippen molar-refractivity contribution in [3.05, 3.63) is 67.0 Å². The monoisotopic (exact) mass is 405 g/mol. The maximum atomic E-state index is 5.78. The number of likely N-dealkylation sites (N-methyl/N-ethyl adjacent to an activating group) is 2. The molecule has 0 bridgehead atoms. The van der Waals surface area contributed by atoms with Crippen molar-refractivity contribution in [2.24, 2.45) is 0 Å². The van der Waals surface area contributed by atoms with Gasteiger partial charge in [0.15, 0.2) is 0 Å². The molecule has 0 saturated heterocycles. The van der Waals surface area contributed by atoms with E-state index >= 15 is 0 Å². The highest BCUT2D eigenvalue weighted by atomic mass is 16.5. The number of benzene rings is 2. The largest absolute Gasteiger partial charge is 0.492 e. The first-order chi connectivity index (χ1) is 14.5. The number of pyridine rings is 1. The molecule has 158 valence electrons. The molecule has 0 saturated carbocycles. The van der Waals surface area contributed by atoms with Gasteiger partial charge in [-0.2, -0.15) is 0 Å². The Balaban J connectivity index is 1.65. The normalized spacial score (nSPS) is 11.1. The molecular weight excluding hydrogens is 374 g/mol. The number of nitrogens with zero attached hydrogens (tertiary/aromatic N) is 3. The second-order valence-electron chi connectivity index (χ2n) is 7.81. The summed E-state index contributed by atoms with van der Waals surface area (Å²) in [6.07, 6.45) is 3.79. The first-order valence-electron chi connectivity index (χ1n) is 10.2. The van der Waals surface area contributed by atoms with E-state index in [2.05, 4.69) is 45.1 Å². The molecule has 0 atom stereocenters. The Kier molecular flexibility index (Phi) is 7.82. The molecule has 0 fully saturated rings. The minimum atomic E-state index is 0.679. The number of aromatic nitrogens is 1. The Morgan fingerprint density at radius 3 is 1.37 bits per heavy atom. The van der Waals surface area contributed by atoms with Crippen molar-refractivity contribution in [2.75, 3.05) is 54.5 Å². The summed E-state index contributed by atoms with van der Waals surface area (Å²) in [5.74, 6) is 1.77. The smallest absolute Gasteiger partial charge is 0.119 e. The van der Waals surface area contributed by atoms with Gasteiger partial charge in [-0.3, -0.25) is 4.98 Å². The highest BCUT2D eigenvalue weighted by Gasteiger charge is 2.05. The van der Waals surface area contributed by atoms with Gasteiger partial charge >= 0.3 is 0 Å². The van der Waals surface area contributed by atoms with Crippen LogP contribution in [0.1, 0.15) is 0 Å². The fourth-order valence-corrected chi connectivity index (χ4v) is 2.94. The van der Waals surface area contributed by atoms with Crippen LogP contribution in [0.5, 0.6) is 11.5 Å². The first kappa shape index (κ1) is 21.8. The molecule has 3 aromatic rings. The molecule has 30 heavy (non-hydrogen) atoms. The van der Waals surface area contributed by atoms with Crippen LogP contribution in [0.3, 0.4) is 0 Å². The molecule has 2 aromatic carbocycles. The number of rotatable bonds is 10. The molecule has 0 N–H and O–H groups in total. The van der Waals surface area contributed by atoms with E-state index in [1.54, 1.807) is 0 Å². The Morgan fingerprint density at radius 2 is 1.00 bits per heavy atom. The lowest BCUT2D eigenvalue weighted by atomic mass is 10.0. The molecule has 5 heteroatoms. The van der Waals surface area contributed by atoms with Gasteiger partial charge in [0.25, 0.3) is 0 Å². The molecular formula is C25H31N3O2. The third kappa shape index (κ3) is 6.58. The minimum absolute atomic E-state index is 0.679. The molecule has 0 radical (unpaired) electrons. The summed E-state index contributed by atoms with van der Waals surface area (Å²) in [4.78, 5) is 8.66. The van der Waals surface area contributed by atoms with E-state index in [0.29, 0.717) is 13.2 Å². The van der Waals surface area contributed by atoms with Gasteiger partial charge in [-0.25, -0.2) is 0 Å². The highest BCUT2D eigenvalue weighted by molar-refractivity contribution is 5.72. The average Bonchev–Trinajstić information content (AvgIpc) is 2.74. The van der Waals surface area contributed by atoms with Gasteiger partial charge in [-0.1, -0.05) is 24.3 Å². The van der Waals surface area contributed by atoms with Crippen LogP contribution in [0.15, 0.2) is 67.0 Å². The summed E-state index contributed by atoms with van der Waals surface area (Å²) in [6, 6.07) is 18.5. The molecule has 0 spiro atoms. The Bertz CT molecular complexity index is 834. The molecule has 5 nitrogen and oxygen atoms in total. The average molecular weight is 406 g/mol. The van der Waals surface area contributed by atoms with E-state index in [-0.39, 0.29) is 0 Å². The van der Waals surface area contributed by atoms with Crippen molar-refractivity contribution >= 4 is 0 Å². The van der Waals surface area contributed by atoms with Crippen molar-refractivity contribution in [3.8, 4) is 33.8 Å². The molecule has 0 amide bonds. The van der Waals surface area contributed by atoms with Crippen molar-refractivity contribution in [3.63, 3.8) is 0 Å². The standard InChI is InChI=1S/C25H31N3O2/c1-27(2)13-15-29-24-9-5-20(6-10-24)22-17-23(19-26-18-22)21-7-11-25(12-8-21)30-16-14-28(3)4/h5-12,17-19H,13-16H2,1-4H3. The van der Waals surface area contributed by atoms with Crippen LogP contribution in [0, 0.1) is 0 Å². The van der Waals surface area contributed by atoms with Gasteiger partial charge in [0.1, 0.15) is 24.7 Å². The van der Waals surface area contributed by atoms with E-state index in [9.17, 15) is 0 Å². The number of hydrogen-bond acceptors (Lipinski definition) is 5. The predicted molar refractivity (Wildman–Crippen MR) is 123 cm³/mol. The van der Waals surface area contributed by atoms with Crippen LogP contribution >= 0.6 is 0 Å². The quantitative estimate of drug-likeness (QED) is 0.503. The van der Waals surface area contributed by atoms with Crippen LogP contribution in [0.2, 0.25) is 0 Å². The van der Waals surface area contributed by atoms with E-state index in [0.717, 1.165) is 46.8 Å². The summed E-state index contributed by atoms with van der Waals surface area (Å²) < 4.78 is 11.6. The van der Waals surface area contributed by atoms with E-state index in [4.69, 9.17) is 9.47 Å². The van der Waals surface area contributed by atoms with Crippen molar-refractivity contribution in [1.29, 1.82) is 0 Å². The van der Waals surface area contributed by atoms with E-state index in [1.165, 1.54) is 0 Å². The first-order valence-corrected chi connectivity index (χ1v) is 10.2. The van der Waals surface area contributed by atoms with Crippen molar-refractivity contribution in [2.45, 2.75) is 0 Å². The summed E-state index contributed by atoms with van der Waals surface area (Å²) >= 11 is 0. The molecule has 0 aliphatic heterocycles. The second kappa shape index (κ2) is 10.8. The molecule has 1 aromatic heterocycles. The third-order valence-electron chi connectivity index (χ3n) is 4.73. The summed E-state index contributed by atoms with van der Waals surface area (Å²) in [5, 5.41) is 0. The molecule has 1 heterocycles. The zero-order valence-corrected chi connectivity index (χ0v) is 18.3. The maximum Gasteiger partial charge on any atom is 0.119 e. The molecule has 0 unspecified atom stereocenters. The number of hydrogen-bond donors (Lipinski definition) is 0. The van der Waals surface area contributed by atoms with Gasteiger partial charge in [0.2, 0.25) is 0 Å². The lowest BCUT2D eigenvalue weighted by molar-refractivity contribution is 0.261. The lowest BCUT2D eigenvalue weighted by Crippen LogP contribution is -2.19. The minimum Gasteiger partial charge on any atom is -0.492 e. The zero-order chi connectivity index (χ0) is 21.3. The Morgan fingerprint density at radius 1 is 0.600 bits per heavy atom. The Hall–Kier alpha value is -2.89. The lowest BCUT2D eigenvalue weighted by Gasteiger charge is -2.12. The van der Waals surface area contributed by atoms with Crippen LogP contribution in [-0.2, 0) is 0 Å². The van der Waals surface area contributed by atoms with Gasteiger partial charge in [-0.05, 0) is 69.6 Å². The molecule has 3 rings (SSSR count). The van der Waals surface area contributed by atoms with Crippen LogP contribution < -0.4 is 9.47 Å². The zero-order valence-electron chi connectivity index (χ0n) is 18.3. The SMILES string of the molecule is CN(C)CCOc1ccc(-c2cncc(-c3ccc(OCCN(C)C)cc3)c2)cc1. The number of ether oxygens (including phenoxy) is 2. The highest BCUT2D eigenvalue weighted by Crippen LogP contribution is 2.27. The van der Waals surface area contributed by atoms with E-state index in [1.807, 2.05) is 64.8 Å².